The number of alkyl halides is 1. The van der Waals surface area contributed by atoms with Crippen LogP contribution in [0.3, 0.4) is 0 Å². The Hall–Kier alpha value is -0.580. The third-order valence-corrected chi connectivity index (χ3v) is 1.62. The van der Waals surface area contributed by atoms with E-state index in [9.17, 15) is 4.39 Å². The van der Waals surface area contributed by atoms with Crippen molar-refractivity contribution >= 4 is 12.4 Å². The van der Waals surface area contributed by atoms with Crippen molar-refractivity contribution in [3.63, 3.8) is 0 Å². The van der Waals surface area contributed by atoms with Gasteiger partial charge in [0.05, 0.1) is 12.7 Å². The maximum Gasteiger partial charge on any atom is 0.129 e. The molecule has 1 atom stereocenters. The molecule has 3 N–H and O–H groups in total. The summed E-state index contributed by atoms with van der Waals surface area (Å²) in [6.07, 6.45) is 0.248. The van der Waals surface area contributed by atoms with Gasteiger partial charge in [0.25, 0.3) is 0 Å². The molecule has 0 bridgehead atoms. The largest absolute Gasteiger partial charge is 0.462 e. The molecule has 1 aromatic rings. The summed E-state index contributed by atoms with van der Waals surface area (Å²) in [5.41, 5.74) is 5.56. The smallest absolute Gasteiger partial charge is 0.129 e. The quantitative estimate of drug-likeness (QED) is 0.791. The molecule has 0 radical (unpaired) electrons. The number of hydrogen-bond donors (Lipinski definition) is 2. The molecular formula is C8H13ClFNO2. The molecule has 1 aromatic heterocycles. The number of rotatable bonds is 4. The van der Waals surface area contributed by atoms with Crippen LogP contribution in [0.25, 0.3) is 0 Å². The molecule has 0 saturated heterocycles. The van der Waals surface area contributed by atoms with Gasteiger partial charge in [-0.15, -0.1) is 12.4 Å². The molecule has 0 aliphatic carbocycles. The van der Waals surface area contributed by atoms with Gasteiger partial charge in [0.1, 0.15) is 18.1 Å². The van der Waals surface area contributed by atoms with Crippen molar-refractivity contribution in [1.82, 2.24) is 0 Å². The van der Waals surface area contributed by atoms with Crippen molar-refractivity contribution in [2.45, 2.75) is 19.1 Å². The number of halogens is 2. The molecule has 1 rings (SSSR count). The number of hydrogen-bond acceptors (Lipinski definition) is 3. The minimum atomic E-state index is -0.462. The summed E-state index contributed by atoms with van der Waals surface area (Å²) in [5.74, 6) is 0.982. The van der Waals surface area contributed by atoms with Crippen LogP contribution in [0.1, 0.15) is 24.0 Å². The van der Waals surface area contributed by atoms with E-state index in [0.29, 0.717) is 11.5 Å². The molecule has 3 nitrogen and oxygen atoms in total. The summed E-state index contributed by atoms with van der Waals surface area (Å²) < 4.78 is 17.0. The Morgan fingerprint density at radius 1 is 1.54 bits per heavy atom. The second-order valence-electron chi connectivity index (χ2n) is 2.55. The summed E-state index contributed by atoms with van der Waals surface area (Å²) in [4.78, 5) is 0. The van der Waals surface area contributed by atoms with Crippen LogP contribution in [-0.2, 0) is 6.61 Å². The first-order valence-corrected chi connectivity index (χ1v) is 3.79. The van der Waals surface area contributed by atoms with Crippen molar-refractivity contribution in [2.24, 2.45) is 5.73 Å². The first kappa shape index (κ1) is 12.4. The monoisotopic (exact) mass is 209 g/mol. The second-order valence-corrected chi connectivity index (χ2v) is 2.55. The molecule has 0 aliphatic rings. The molecule has 1 heterocycles. The molecule has 0 fully saturated rings. The molecule has 0 unspecified atom stereocenters. The van der Waals surface area contributed by atoms with Gasteiger partial charge in [-0.25, -0.2) is 0 Å². The van der Waals surface area contributed by atoms with Crippen LogP contribution in [0.2, 0.25) is 0 Å². The van der Waals surface area contributed by atoms with Crippen LogP contribution < -0.4 is 5.73 Å². The third kappa shape index (κ3) is 3.34. The summed E-state index contributed by atoms with van der Waals surface area (Å²) >= 11 is 0. The Morgan fingerprint density at radius 3 is 2.69 bits per heavy atom. The number of furan rings is 1. The Kier molecular flexibility index (Phi) is 5.70. The third-order valence-electron chi connectivity index (χ3n) is 1.62. The first-order valence-electron chi connectivity index (χ1n) is 3.79. The molecule has 5 heteroatoms. The van der Waals surface area contributed by atoms with Gasteiger partial charge < -0.3 is 15.3 Å². The van der Waals surface area contributed by atoms with Crippen LogP contribution in [0.5, 0.6) is 0 Å². The Balaban J connectivity index is 0.00000144. The van der Waals surface area contributed by atoms with E-state index in [1.807, 2.05) is 0 Å². The molecule has 0 aliphatic heterocycles. The number of nitrogens with two attached hydrogens (primary N) is 1. The predicted molar refractivity (Wildman–Crippen MR) is 49.4 cm³/mol. The lowest BCUT2D eigenvalue weighted by Crippen LogP contribution is -2.09. The van der Waals surface area contributed by atoms with Crippen LogP contribution in [-0.4, -0.2) is 11.8 Å². The van der Waals surface area contributed by atoms with Gasteiger partial charge in [0.2, 0.25) is 0 Å². The Bertz CT molecular complexity index is 242. The van der Waals surface area contributed by atoms with E-state index in [1.54, 1.807) is 12.1 Å². The van der Waals surface area contributed by atoms with E-state index in [4.69, 9.17) is 15.3 Å². The highest BCUT2D eigenvalue weighted by atomic mass is 35.5. The van der Waals surface area contributed by atoms with E-state index in [2.05, 4.69) is 0 Å². The van der Waals surface area contributed by atoms with Crippen LogP contribution in [0.4, 0.5) is 4.39 Å². The molecule has 0 aromatic carbocycles. The highest BCUT2D eigenvalue weighted by Crippen LogP contribution is 2.17. The van der Waals surface area contributed by atoms with Gasteiger partial charge in [-0.2, -0.15) is 0 Å². The first-order chi connectivity index (χ1) is 5.77. The van der Waals surface area contributed by atoms with Gasteiger partial charge in [0.15, 0.2) is 0 Å². The summed E-state index contributed by atoms with van der Waals surface area (Å²) in [5, 5.41) is 8.65. The number of aliphatic hydroxyl groups is 1. The lowest BCUT2D eigenvalue weighted by molar-refractivity contribution is 0.240. The lowest BCUT2D eigenvalue weighted by Gasteiger charge is -2.04. The van der Waals surface area contributed by atoms with Gasteiger partial charge in [0, 0.05) is 0 Å². The van der Waals surface area contributed by atoms with Gasteiger partial charge in [-0.3, -0.25) is 4.39 Å². The lowest BCUT2D eigenvalue weighted by atomic mass is 10.2. The average molecular weight is 210 g/mol. The molecule has 0 saturated carbocycles. The topological polar surface area (TPSA) is 59.4 Å². The maximum absolute atomic E-state index is 11.8. The molecule has 0 amide bonds. The zero-order chi connectivity index (χ0) is 8.97. The van der Waals surface area contributed by atoms with Crippen molar-refractivity contribution in [2.75, 3.05) is 6.67 Å². The van der Waals surface area contributed by atoms with Crippen LogP contribution in [0, 0.1) is 0 Å². The zero-order valence-electron chi connectivity index (χ0n) is 7.07. The van der Waals surface area contributed by atoms with Gasteiger partial charge >= 0.3 is 0 Å². The van der Waals surface area contributed by atoms with Crippen LogP contribution in [0.15, 0.2) is 16.5 Å². The van der Waals surface area contributed by atoms with Crippen LogP contribution >= 0.6 is 12.4 Å². The molecule has 0 spiro atoms. The SMILES string of the molecule is Cl.N[C@@H](CCF)c1ccc(CO)o1. The van der Waals surface area contributed by atoms with E-state index in [0.717, 1.165) is 0 Å². The van der Waals surface area contributed by atoms with Crippen molar-refractivity contribution in [3.8, 4) is 0 Å². The zero-order valence-corrected chi connectivity index (χ0v) is 7.89. The average Bonchev–Trinajstić information content (AvgIpc) is 2.52. The Morgan fingerprint density at radius 2 is 2.23 bits per heavy atom. The molecule has 76 valence electrons. The summed E-state index contributed by atoms with van der Waals surface area (Å²) in [6.45, 7) is -0.612. The predicted octanol–water partition coefficient (Wildman–Crippen LogP) is 1.55. The van der Waals surface area contributed by atoms with Crippen molar-refractivity contribution in [3.05, 3.63) is 23.7 Å². The molecular weight excluding hydrogens is 197 g/mol. The Labute approximate surface area is 82.1 Å². The normalized spacial score (nSPS) is 12.2. The summed E-state index contributed by atoms with van der Waals surface area (Å²) in [6, 6.07) is 2.88. The minimum Gasteiger partial charge on any atom is -0.462 e. The highest BCUT2D eigenvalue weighted by Gasteiger charge is 2.09. The van der Waals surface area contributed by atoms with Gasteiger partial charge in [-0.1, -0.05) is 0 Å². The molecule has 13 heavy (non-hydrogen) atoms. The van der Waals surface area contributed by atoms with Crippen molar-refractivity contribution < 1.29 is 13.9 Å². The van der Waals surface area contributed by atoms with E-state index >= 15 is 0 Å². The fourth-order valence-electron chi connectivity index (χ4n) is 0.939. The second kappa shape index (κ2) is 5.96. The fraction of sp³-hybridized carbons (Fsp3) is 0.500. The van der Waals surface area contributed by atoms with E-state index < -0.39 is 12.7 Å². The van der Waals surface area contributed by atoms with Gasteiger partial charge in [-0.05, 0) is 18.6 Å². The van der Waals surface area contributed by atoms with E-state index in [1.165, 1.54) is 0 Å². The summed E-state index contributed by atoms with van der Waals surface area (Å²) in [7, 11) is 0. The maximum atomic E-state index is 11.8. The number of aliphatic hydroxyl groups excluding tert-OH is 1. The highest BCUT2D eigenvalue weighted by molar-refractivity contribution is 5.85. The van der Waals surface area contributed by atoms with Crippen molar-refractivity contribution in [1.29, 1.82) is 0 Å². The fourth-order valence-corrected chi connectivity index (χ4v) is 0.939. The van der Waals surface area contributed by atoms with E-state index in [-0.39, 0.29) is 25.4 Å². The standard InChI is InChI=1S/C8H12FNO2.ClH/c9-4-3-7(10)8-2-1-6(5-11)12-8;/h1-2,7,11H,3-5,10H2;1H/t7-;/m0./s1. The minimum absolute atomic E-state index is 0.